The van der Waals surface area contributed by atoms with Crippen molar-refractivity contribution < 1.29 is 19.0 Å². The van der Waals surface area contributed by atoms with Gasteiger partial charge < -0.3 is 24.4 Å². The van der Waals surface area contributed by atoms with Gasteiger partial charge in [0.25, 0.3) is 0 Å². The maximum atomic E-state index is 12.7. The predicted molar refractivity (Wildman–Crippen MR) is 106 cm³/mol. The van der Waals surface area contributed by atoms with Crippen LogP contribution in [0, 0.1) is 0 Å². The first-order valence-corrected chi connectivity index (χ1v) is 9.12. The highest BCUT2D eigenvalue weighted by molar-refractivity contribution is 6.34. The highest BCUT2D eigenvalue weighted by Crippen LogP contribution is 2.34. The molecule has 2 aromatic carbocycles. The number of carbonyl (C=O) groups excluding carboxylic acids is 1. The SMILES string of the molecule is COc1ccc(OC)c(CC(=O)Nc2cccc(Cl)c2N2CCOCC2)c1. The quantitative estimate of drug-likeness (QED) is 0.819. The molecule has 144 valence electrons. The number of benzene rings is 2. The van der Waals surface area contributed by atoms with E-state index in [4.69, 9.17) is 25.8 Å². The maximum Gasteiger partial charge on any atom is 0.228 e. The molecule has 0 aromatic heterocycles. The van der Waals surface area contributed by atoms with Gasteiger partial charge in [-0.15, -0.1) is 0 Å². The van der Waals surface area contributed by atoms with Gasteiger partial charge in [0.05, 0.1) is 50.3 Å². The third-order valence-corrected chi connectivity index (χ3v) is 4.73. The van der Waals surface area contributed by atoms with Crippen molar-refractivity contribution in [2.75, 3.05) is 50.7 Å². The molecule has 0 aliphatic carbocycles. The van der Waals surface area contributed by atoms with Crippen LogP contribution in [0.2, 0.25) is 5.02 Å². The molecule has 0 unspecified atom stereocenters. The van der Waals surface area contributed by atoms with Gasteiger partial charge in [0, 0.05) is 18.7 Å². The molecule has 0 bridgehead atoms. The molecular formula is C20H23ClN2O4. The first kappa shape index (κ1) is 19.3. The van der Waals surface area contributed by atoms with E-state index in [1.54, 1.807) is 32.4 Å². The Labute approximate surface area is 164 Å². The monoisotopic (exact) mass is 390 g/mol. The van der Waals surface area contributed by atoms with Gasteiger partial charge in [-0.2, -0.15) is 0 Å². The zero-order valence-electron chi connectivity index (χ0n) is 15.5. The summed E-state index contributed by atoms with van der Waals surface area (Å²) in [6, 6.07) is 10.9. The molecular weight excluding hydrogens is 368 g/mol. The third-order valence-electron chi connectivity index (χ3n) is 4.43. The number of morpholine rings is 1. The van der Waals surface area contributed by atoms with Crippen LogP contribution in [0.4, 0.5) is 11.4 Å². The fourth-order valence-electron chi connectivity index (χ4n) is 3.11. The Morgan fingerprint density at radius 3 is 2.67 bits per heavy atom. The number of ether oxygens (including phenoxy) is 3. The summed E-state index contributed by atoms with van der Waals surface area (Å²) in [5, 5.41) is 3.59. The number of carbonyl (C=O) groups is 1. The van der Waals surface area contributed by atoms with Gasteiger partial charge in [0.1, 0.15) is 11.5 Å². The van der Waals surface area contributed by atoms with Crippen LogP contribution in [-0.4, -0.2) is 46.4 Å². The molecule has 27 heavy (non-hydrogen) atoms. The van der Waals surface area contributed by atoms with Crippen molar-refractivity contribution >= 4 is 28.9 Å². The van der Waals surface area contributed by atoms with E-state index < -0.39 is 0 Å². The zero-order chi connectivity index (χ0) is 19.2. The molecule has 7 heteroatoms. The number of para-hydroxylation sites is 1. The van der Waals surface area contributed by atoms with Crippen LogP contribution in [-0.2, 0) is 16.0 Å². The number of hydrogen-bond donors (Lipinski definition) is 1. The lowest BCUT2D eigenvalue weighted by Crippen LogP contribution is -2.37. The Bertz CT molecular complexity index is 807. The van der Waals surface area contributed by atoms with Gasteiger partial charge in [-0.3, -0.25) is 4.79 Å². The lowest BCUT2D eigenvalue weighted by atomic mass is 10.1. The van der Waals surface area contributed by atoms with Gasteiger partial charge >= 0.3 is 0 Å². The van der Waals surface area contributed by atoms with E-state index in [1.165, 1.54) is 0 Å². The molecule has 1 saturated heterocycles. The summed E-state index contributed by atoms with van der Waals surface area (Å²) < 4.78 is 16.0. The smallest absolute Gasteiger partial charge is 0.228 e. The number of rotatable bonds is 6. The van der Waals surface area contributed by atoms with Crippen LogP contribution in [0.1, 0.15) is 5.56 Å². The first-order valence-electron chi connectivity index (χ1n) is 8.74. The van der Waals surface area contributed by atoms with E-state index in [-0.39, 0.29) is 12.3 Å². The van der Waals surface area contributed by atoms with Gasteiger partial charge in [0.2, 0.25) is 5.91 Å². The van der Waals surface area contributed by atoms with Crippen molar-refractivity contribution in [1.29, 1.82) is 0 Å². The molecule has 0 saturated carbocycles. The minimum absolute atomic E-state index is 0.154. The van der Waals surface area contributed by atoms with Crippen molar-refractivity contribution in [2.45, 2.75) is 6.42 Å². The molecule has 0 atom stereocenters. The molecule has 2 aromatic rings. The van der Waals surface area contributed by atoms with E-state index in [0.29, 0.717) is 35.4 Å². The number of nitrogens with one attached hydrogen (secondary N) is 1. The maximum absolute atomic E-state index is 12.7. The molecule has 1 aliphatic rings. The molecule has 3 rings (SSSR count). The van der Waals surface area contributed by atoms with Crippen molar-refractivity contribution in [3.05, 3.63) is 47.0 Å². The number of anilines is 2. The molecule has 0 radical (unpaired) electrons. The average Bonchev–Trinajstić information content (AvgIpc) is 2.68. The van der Waals surface area contributed by atoms with Gasteiger partial charge in [-0.05, 0) is 30.3 Å². The number of methoxy groups -OCH3 is 2. The van der Waals surface area contributed by atoms with Crippen molar-refractivity contribution in [3.63, 3.8) is 0 Å². The minimum Gasteiger partial charge on any atom is -0.497 e. The Hall–Kier alpha value is -2.44. The second kappa shape index (κ2) is 8.97. The largest absolute Gasteiger partial charge is 0.497 e. The van der Waals surface area contributed by atoms with Crippen molar-refractivity contribution in [3.8, 4) is 11.5 Å². The highest BCUT2D eigenvalue weighted by atomic mass is 35.5. The van der Waals surface area contributed by atoms with E-state index in [0.717, 1.165) is 24.3 Å². The van der Waals surface area contributed by atoms with Crippen LogP contribution in [0.25, 0.3) is 0 Å². The first-order chi connectivity index (χ1) is 13.1. The van der Waals surface area contributed by atoms with Crippen molar-refractivity contribution in [1.82, 2.24) is 0 Å². The Morgan fingerprint density at radius 1 is 1.19 bits per heavy atom. The van der Waals surface area contributed by atoms with Crippen LogP contribution < -0.4 is 19.7 Å². The summed E-state index contributed by atoms with van der Waals surface area (Å²) in [5.41, 5.74) is 2.27. The Kier molecular flexibility index (Phi) is 6.42. The number of nitrogens with zero attached hydrogens (tertiary/aromatic N) is 1. The highest BCUT2D eigenvalue weighted by Gasteiger charge is 2.19. The molecule has 1 amide bonds. The van der Waals surface area contributed by atoms with Gasteiger partial charge in [-0.1, -0.05) is 17.7 Å². The van der Waals surface area contributed by atoms with Crippen LogP contribution in [0.15, 0.2) is 36.4 Å². The fraction of sp³-hybridized carbons (Fsp3) is 0.350. The predicted octanol–water partition coefficient (Wildman–Crippen LogP) is 3.38. The van der Waals surface area contributed by atoms with Crippen LogP contribution in [0.5, 0.6) is 11.5 Å². The number of halogens is 1. The van der Waals surface area contributed by atoms with E-state index in [2.05, 4.69) is 10.2 Å². The molecule has 0 spiro atoms. The van der Waals surface area contributed by atoms with Crippen LogP contribution >= 0.6 is 11.6 Å². The third kappa shape index (κ3) is 4.64. The van der Waals surface area contributed by atoms with Gasteiger partial charge in [0.15, 0.2) is 0 Å². The normalized spacial score (nSPS) is 14.0. The van der Waals surface area contributed by atoms with E-state index in [9.17, 15) is 4.79 Å². The van der Waals surface area contributed by atoms with E-state index in [1.807, 2.05) is 18.2 Å². The Morgan fingerprint density at radius 2 is 1.96 bits per heavy atom. The number of hydrogen-bond acceptors (Lipinski definition) is 5. The molecule has 1 heterocycles. The summed E-state index contributed by atoms with van der Waals surface area (Å²) in [7, 11) is 3.17. The average molecular weight is 391 g/mol. The second-order valence-electron chi connectivity index (χ2n) is 6.14. The summed E-state index contributed by atoms with van der Waals surface area (Å²) >= 11 is 6.42. The summed E-state index contributed by atoms with van der Waals surface area (Å²) in [5.74, 6) is 1.17. The number of amides is 1. The van der Waals surface area contributed by atoms with Gasteiger partial charge in [-0.25, -0.2) is 0 Å². The molecule has 1 aliphatic heterocycles. The fourth-order valence-corrected chi connectivity index (χ4v) is 3.41. The van der Waals surface area contributed by atoms with Crippen LogP contribution in [0.3, 0.4) is 0 Å². The summed E-state index contributed by atoms with van der Waals surface area (Å²) in [6.07, 6.45) is 0.162. The zero-order valence-corrected chi connectivity index (χ0v) is 16.2. The minimum atomic E-state index is -0.154. The van der Waals surface area contributed by atoms with E-state index >= 15 is 0 Å². The summed E-state index contributed by atoms with van der Waals surface area (Å²) in [4.78, 5) is 14.8. The second-order valence-corrected chi connectivity index (χ2v) is 6.55. The van der Waals surface area contributed by atoms with Crippen molar-refractivity contribution in [2.24, 2.45) is 0 Å². The lowest BCUT2D eigenvalue weighted by molar-refractivity contribution is -0.115. The lowest BCUT2D eigenvalue weighted by Gasteiger charge is -2.31. The molecule has 1 fully saturated rings. The molecule has 6 nitrogen and oxygen atoms in total. The standard InChI is InChI=1S/C20H23ClN2O4/c1-25-15-6-7-18(26-2)14(12-15)13-19(24)22-17-5-3-4-16(21)20(17)23-8-10-27-11-9-23/h3-7,12H,8-11,13H2,1-2H3,(H,22,24). The molecule has 1 N–H and O–H groups in total. The topological polar surface area (TPSA) is 60.0 Å². The summed E-state index contributed by atoms with van der Waals surface area (Å²) in [6.45, 7) is 2.74. The Balaban J connectivity index is 1.80.